The van der Waals surface area contributed by atoms with Gasteiger partial charge in [0.15, 0.2) is 0 Å². The second-order valence-corrected chi connectivity index (χ2v) is 3.63. The number of rotatable bonds is 6. The molecule has 0 saturated carbocycles. The number of para-hydroxylation sites is 1. The largest absolute Gasteiger partial charge is 0.489 e. The third-order valence-electron chi connectivity index (χ3n) is 2.01. The van der Waals surface area contributed by atoms with Gasteiger partial charge in [-0.25, -0.2) is 0 Å². The predicted octanol–water partition coefficient (Wildman–Crippen LogP) is 2.75. The molecular weight excluding hydrogens is 186 g/mol. The summed E-state index contributed by atoms with van der Waals surface area (Å²) in [4.78, 5) is 0. The summed E-state index contributed by atoms with van der Waals surface area (Å²) in [6.45, 7) is 10.3. The highest BCUT2D eigenvalue weighted by atomic mass is 16.5. The molecule has 2 heteroatoms. The van der Waals surface area contributed by atoms with E-state index < -0.39 is 0 Å². The van der Waals surface area contributed by atoms with Gasteiger partial charge in [-0.2, -0.15) is 0 Å². The van der Waals surface area contributed by atoms with Crippen molar-refractivity contribution in [2.75, 3.05) is 13.2 Å². The molecule has 0 amide bonds. The first-order valence-electron chi connectivity index (χ1n) is 5.30. The van der Waals surface area contributed by atoms with Crippen LogP contribution in [0.15, 0.2) is 36.4 Å². The van der Waals surface area contributed by atoms with Crippen molar-refractivity contribution < 1.29 is 4.74 Å². The minimum atomic E-state index is 0.586. The van der Waals surface area contributed by atoms with Gasteiger partial charge in [-0.3, -0.25) is 0 Å². The van der Waals surface area contributed by atoms with Crippen LogP contribution in [0.1, 0.15) is 19.4 Å². The van der Waals surface area contributed by atoms with Crippen molar-refractivity contribution in [3.63, 3.8) is 0 Å². The highest BCUT2D eigenvalue weighted by molar-refractivity contribution is 5.33. The van der Waals surface area contributed by atoms with Gasteiger partial charge in [-0.15, -0.1) is 0 Å². The van der Waals surface area contributed by atoms with Gasteiger partial charge in [0.1, 0.15) is 12.4 Å². The average molecular weight is 205 g/mol. The van der Waals surface area contributed by atoms with E-state index >= 15 is 0 Å². The molecule has 0 spiro atoms. The summed E-state index contributed by atoms with van der Waals surface area (Å²) < 4.78 is 5.66. The van der Waals surface area contributed by atoms with Gasteiger partial charge >= 0.3 is 0 Å². The zero-order valence-electron chi connectivity index (χ0n) is 9.55. The van der Waals surface area contributed by atoms with Gasteiger partial charge in [0.05, 0.1) is 0 Å². The first-order chi connectivity index (χ1) is 7.24. The van der Waals surface area contributed by atoms with Gasteiger partial charge in [0.25, 0.3) is 0 Å². The average Bonchev–Trinajstić information content (AvgIpc) is 2.24. The molecule has 15 heavy (non-hydrogen) atoms. The lowest BCUT2D eigenvalue weighted by Crippen LogP contribution is -2.13. The van der Waals surface area contributed by atoms with Crippen LogP contribution in [0.4, 0.5) is 0 Å². The van der Waals surface area contributed by atoms with E-state index in [0.717, 1.165) is 24.4 Å². The third kappa shape index (κ3) is 4.17. The molecule has 2 nitrogen and oxygen atoms in total. The van der Waals surface area contributed by atoms with Gasteiger partial charge in [-0.1, -0.05) is 31.7 Å². The maximum Gasteiger partial charge on any atom is 0.124 e. The first-order valence-corrected chi connectivity index (χ1v) is 5.30. The Hall–Kier alpha value is -1.28. The summed E-state index contributed by atoms with van der Waals surface area (Å²) in [6, 6.07) is 8.09. The van der Waals surface area contributed by atoms with Gasteiger partial charge < -0.3 is 10.1 Å². The molecule has 1 aromatic carbocycles. The van der Waals surface area contributed by atoms with E-state index in [4.69, 9.17) is 4.74 Å². The molecule has 0 aliphatic rings. The van der Waals surface area contributed by atoms with E-state index in [0.29, 0.717) is 6.61 Å². The molecule has 0 aromatic heterocycles. The van der Waals surface area contributed by atoms with Crippen molar-refractivity contribution in [2.45, 2.75) is 20.4 Å². The number of ether oxygens (including phenoxy) is 1. The van der Waals surface area contributed by atoms with E-state index in [9.17, 15) is 0 Å². The van der Waals surface area contributed by atoms with Gasteiger partial charge in [0, 0.05) is 12.1 Å². The summed E-state index contributed by atoms with van der Waals surface area (Å²) in [7, 11) is 0. The Morgan fingerprint density at radius 2 is 2.13 bits per heavy atom. The molecule has 0 atom stereocenters. The fourth-order valence-corrected chi connectivity index (χ4v) is 1.25. The van der Waals surface area contributed by atoms with Crippen molar-refractivity contribution in [2.24, 2.45) is 0 Å². The molecule has 0 aliphatic carbocycles. The normalized spacial score (nSPS) is 10.0. The molecule has 1 N–H and O–H groups in total. The quantitative estimate of drug-likeness (QED) is 0.721. The van der Waals surface area contributed by atoms with E-state index in [1.54, 1.807) is 0 Å². The highest BCUT2D eigenvalue weighted by Gasteiger charge is 2.01. The van der Waals surface area contributed by atoms with Crippen molar-refractivity contribution in [1.82, 2.24) is 5.32 Å². The van der Waals surface area contributed by atoms with Crippen LogP contribution in [0.2, 0.25) is 0 Å². The van der Waals surface area contributed by atoms with Gasteiger partial charge in [0.2, 0.25) is 0 Å². The zero-order valence-corrected chi connectivity index (χ0v) is 9.55. The lowest BCUT2D eigenvalue weighted by atomic mass is 10.2. The molecule has 82 valence electrons. The van der Waals surface area contributed by atoms with Crippen LogP contribution >= 0.6 is 0 Å². The van der Waals surface area contributed by atoms with Crippen LogP contribution in [0.5, 0.6) is 5.75 Å². The second-order valence-electron chi connectivity index (χ2n) is 3.63. The monoisotopic (exact) mass is 205 g/mol. The molecule has 1 aromatic rings. The second kappa shape index (κ2) is 6.25. The molecular formula is C13H19NO. The minimum absolute atomic E-state index is 0.586. The molecule has 0 radical (unpaired) electrons. The molecule has 0 heterocycles. The van der Waals surface area contributed by atoms with Crippen LogP contribution in [-0.2, 0) is 6.54 Å². The van der Waals surface area contributed by atoms with Crippen LogP contribution < -0.4 is 10.1 Å². The van der Waals surface area contributed by atoms with Gasteiger partial charge in [-0.05, 0) is 25.1 Å². The standard InChI is InChI=1S/C13H19NO/c1-4-14-9-12-7-5-6-8-13(12)15-10-11(2)3/h5-8,14H,2,4,9-10H2,1,3H3. The molecule has 1 rings (SSSR count). The summed E-state index contributed by atoms with van der Waals surface area (Å²) in [5.41, 5.74) is 2.23. The highest BCUT2D eigenvalue weighted by Crippen LogP contribution is 2.18. The molecule has 0 saturated heterocycles. The van der Waals surface area contributed by atoms with Crippen molar-refractivity contribution in [3.8, 4) is 5.75 Å². The smallest absolute Gasteiger partial charge is 0.124 e. The number of hydrogen-bond donors (Lipinski definition) is 1. The fourth-order valence-electron chi connectivity index (χ4n) is 1.25. The Kier molecular flexibility index (Phi) is 4.91. The van der Waals surface area contributed by atoms with Crippen LogP contribution in [0.25, 0.3) is 0 Å². The minimum Gasteiger partial charge on any atom is -0.489 e. The molecule has 0 bridgehead atoms. The topological polar surface area (TPSA) is 21.3 Å². The van der Waals surface area contributed by atoms with Crippen LogP contribution in [-0.4, -0.2) is 13.2 Å². The Morgan fingerprint density at radius 1 is 1.40 bits per heavy atom. The number of benzene rings is 1. The summed E-state index contributed by atoms with van der Waals surface area (Å²) >= 11 is 0. The maximum absolute atomic E-state index is 5.66. The van der Waals surface area contributed by atoms with Crippen LogP contribution in [0, 0.1) is 0 Å². The Morgan fingerprint density at radius 3 is 2.80 bits per heavy atom. The predicted molar refractivity (Wildman–Crippen MR) is 64.1 cm³/mol. The van der Waals surface area contributed by atoms with E-state index in [1.807, 2.05) is 25.1 Å². The molecule has 0 fully saturated rings. The SMILES string of the molecule is C=C(C)COc1ccccc1CNCC. The first kappa shape index (κ1) is 11.8. The zero-order chi connectivity index (χ0) is 11.1. The van der Waals surface area contributed by atoms with Crippen molar-refractivity contribution >= 4 is 0 Å². The fraction of sp³-hybridized carbons (Fsp3) is 0.385. The summed E-state index contributed by atoms with van der Waals surface area (Å²) in [6.07, 6.45) is 0. The van der Waals surface area contributed by atoms with Crippen molar-refractivity contribution in [1.29, 1.82) is 0 Å². The summed E-state index contributed by atoms with van der Waals surface area (Å²) in [5, 5.41) is 3.29. The lowest BCUT2D eigenvalue weighted by molar-refractivity contribution is 0.348. The van der Waals surface area contributed by atoms with E-state index in [1.165, 1.54) is 5.56 Å². The molecule has 0 aliphatic heterocycles. The van der Waals surface area contributed by atoms with E-state index in [-0.39, 0.29) is 0 Å². The Bertz CT molecular complexity index is 320. The van der Waals surface area contributed by atoms with Crippen LogP contribution in [0.3, 0.4) is 0 Å². The number of nitrogens with one attached hydrogen (secondary N) is 1. The summed E-state index contributed by atoms with van der Waals surface area (Å²) in [5.74, 6) is 0.946. The maximum atomic E-state index is 5.66. The number of hydrogen-bond acceptors (Lipinski definition) is 2. The molecule has 0 unspecified atom stereocenters. The third-order valence-corrected chi connectivity index (χ3v) is 2.01. The Labute approximate surface area is 92.0 Å². The van der Waals surface area contributed by atoms with E-state index in [2.05, 4.69) is 24.9 Å². The Balaban J connectivity index is 2.63. The van der Waals surface area contributed by atoms with Crippen molar-refractivity contribution in [3.05, 3.63) is 42.0 Å². The lowest BCUT2D eigenvalue weighted by Gasteiger charge is -2.11.